The van der Waals surface area contributed by atoms with Crippen LogP contribution in [0.2, 0.25) is 0 Å². The van der Waals surface area contributed by atoms with Crippen LogP contribution in [0.3, 0.4) is 0 Å². The largest absolute Gasteiger partial charge is 0.409 e. The van der Waals surface area contributed by atoms with Gasteiger partial charge in [0.05, 0.1) is 6.04 Å². The molecule has 2 aliphatic rings. The van der Waals surface area contributed by atoms with Gasteiger partial charge in [-0.2, -0.15) is 0 Å². The average molecular weight is 211 g/mol. The fourth-order valence-electron chi connectivity index (χ4n) is 2.44. The average Bonchev–Trinajstić information content (AvgIpc) is 3.09. The number of nitrogens with zero attached hydrogens (tertiary/aromatic N) is 1. The number of hydrogen-bond acceptors (Lipinski definition) is 3. The fourth-order valence-corrected chi connectivity index (χ4v) is 2.44. The third-order valence-electron chi connectivity index (χ3n) is 3.92. The van der Waals surface area contributed by atoms with Gasteiger partial charge in [0.2, 0.25) is 0 Å². The van der Waals surface area contributed by atoms with Gasteiger partial charge >= 0.3 is 0 Å². The minimum atomic E-state index is 0.0335. The van der Waals surface area contributed by atoms with Crippen molar-refractivity contribution < 1.29 is 5.21 Å². The summed E-state index contributed by atoms with van der Waals surface area (Å²) in [4.78, 5) is 0. The molecule has 2 rings (SSSR count). The molecule has 0 spiro atoms. The van der Waals surface area contributed by atoms with Crippen LogP contribution in [0.1, 0.15) is 39.0 Å². The summed E-state index contributed by atoms with van der Waals surface area (Å²) in [5.74, 6) is 1.26. The third kappa shape index (κ3) is 2.25. The first-order valence-electron chi connectivity index (χ1n) is 5.92. The Morgan fingerprint density at radius 2 is 2.27 bits per heavy atom. The Labute approximate surface area is 90.9 Å². The van der Waals surface area contributed by atoms with Gasteiger partial charge in [-0.3, -0.25) is 0 Å². The lowest BCUT2D eigenvalue weighted by Crippen LogP contribution is -2.43. The standard InChI is InChI=1S/C11H21N3O/c1-2-9(10(12)14-15)13-7-11(5-6-11)8-3-4-8/h8-9,13,15H,2-7H2,1H3,(H2,12,14). The van der Waals surface area contributed by atoms with Crippen LogP contribution in [0.25, 0.3) is 0 Å². The van der Waals surface area contributed by atoms with Crippen LogP contribution in [0, 0.1) is 11.3 Å². The molecule has 2 saturated carbocycles. The second-order valence-electron chi connectivity index (χ2n) is 5.00. The molecule has 1 unspecified atom stereocenters. The van der Waals surface area contributed by atoms with Gasteiger partial charge in [0.25, 0.3) is 0 Å². The van der Waals surface area contributed by atoms with Gasteiger partial charge in [0, 0.05) is 6.54 Å². The van der Waals surface area contributed by atoms with Crippen molar-refractivity contribution in [3.8, 4) is 0 Å². The molecule has 86 valence electrons. The van der Waals surface area contributed by atoms with E-state index in [1.165, 1.54) is 25.7 Å². The van der Waals surface area contributed by atoms with E-state index in [0.717, 1.165) is 18.9 Å². The molecule has 0 amide bonds. The van der Waals surface area contributed by atoms with Gasteiger partial charge in [0.15, 0.2) is 5.84 Å². The van der Waals surface area contributed by atoms with Gasteiger partial charge in [-0.15, -0.1) is 0 Å². The van der Waals surface area contributed by atoms with Crippen LogP contribution in [-0.2, 0) is 0 Å². The highest BCUT2D eigenvalue weighted by atomic mass is 16.4. The van der Waals surface area contributed by atoms with E-state index in [-0.39, 0.29) is 6.04 Å². The first kappa shape index (κ1) is 10.7. The molecular weight excluding hydrogens is 190 g/mol. The number of amidine groups is 1. The highest BCUT2D eigenvalue weighted by molar-refractivity contribution is 5.85. The van der Waals surface area contributed by atoms with Crippen molar-refractivity contribution >= 4 is 5.84 Å². The summed E-state index contributed by atoms with van der Waals surface area (Å²) in [6.07, 6.45) is 6.40. The van der Waals surface area contributed by atoms with Crippen molar-refractivity contribution in [2.45, 2.75) is 45.1 Å². The maximum atomic E-state index is 8.63. The maximum absolute atomic E-state index is 8.63. The van der Waals surface area contributed by atoms with E-state index in [0.29, 0.717) is 11.3 Å². The zero-order chi connectivity index (χ0) is 10.9. The number of rotatable bonds is 6. The van der Waals surface area contributed by atoms with Gasteiger partial charge < -0.3 is 16.3 Å². The van der Waals surface area contributed by atoms with Crippen molar-refractivity contribution in [1.29, 1.82) is 0 Å². The van der Waals surface area contributed by atoms with Gasteiger partial charge in [0.1, 0.15) is 0 Å². The van der Waals surface area contributed by atoms with Crippen molar-refractivity contribution in [1.82, 2.24) is 5.32 Å². The maximum Gasteiger partial charge on any atom is 0.156 e. The lowest BCUT2D eigenvalue weighted by atomic mass is 10.00. The monoisotopic (exact) mass is 211 g/mol. The second-order valence-corrected chi connectivity index (χ2v) is 5.00. The molecule has 0 heterocycles. The van der Waals surface area contributed by atoms with Gasteiger partial charge in [-0.1, -0.05) is 12.1 Å². The minimum absolute atomic E-state index is 0.0335. The van der Waals surface area contributed by atoms with Crippen LogP contribution >= 0.6 is 0 Å². The molecule has 4 N–H and O–H groups in total. The minimum Gasteiger partial charge on any atom is -0.409 e. The number of oxime groups is 1. The Balaban J connectivity index is 1.80. The molecule has 0 saturated heterocycles. The SMILES string of the molecule is CCC(NCC1(C2CC2)CC1)C(N)=NO. The van der Waals surface area contributed by atoms with Crippen LogP contribution in [-0.4, -0.2) is 23.6 Å². The summed E-state index contributed by atoms with van der Waals surface area (Å²) in [6.45, 7) is 3.08. The number of hydrogen-bond donors (Lipinski definition) is 3. The normalized spacial score (nSPS) is 26.3. The summed E-state index contributed by atoms with van der Waals surface area (Å²) in [5, 5.41) is 15.1. The Morgan fingerprint density at radius 1 is 1.60 bits per heavy atom. The number of nitrogens with one attached hydrogen (secondary N) is 1. The van der Waals surface area contributed by atoms with Crippen LogP contribution < -0.4 is 11.1 Å². The molecule has 0 aromatic rings. The lowest BCUT2D eigenvalue weighted by Gasteiger charge is -2.20. The molecule has 0 radical (unpaired) electrons. The molecule has 15 heavy (non-hydrogen) atoms. The van der Waals surface area contributed by atoms with E-state index in [2.05, 4.69) is 10.5 Å². The van der Waals surface area contributed by atoms with Crippen LogP contribution in [0.15, 0.2) is 5.16 Å². The Hall–Kier alpha value is -0.770. The Morgan fingerprint density at radius 3 is 2.67 bits per heavy atom. The highest BCUT2D eigenvalue weighted by Gasteiger charge is 2.53. The zero-order valence-corrected chi connectivity index (χ0v) is 9.37. The summed E-state index contributed by atoms with van der Waals surface area (Å²) in [6, 6.07) is 0.0335. The van der Waals surface area contributed by atoms with Crippen LogP contribution in [0.5, 0.6) is 0 Å². The molecular formula is C11H21N3O. The number of nitrogens with two attached hydrogens (primary N) is 1. The quantitative estimate of drug-likeness (QED) is 0.268. The molecule has 0 bridgehead atoms. The molecule has 1 atom stereocenters. The fraction of sp³-hybridized carbons (Fsp3) is 0.909. The molecule has 2 fully saturated rings. The molecule has 0 aromatic carbocycles. The summed E-state index contributed by atoms with van der Waals surface area (Å²) in [5.41, 5.74) is 6.18. The molecule has 0 aromatic heterocycles. The molecule has 2 aliphatic carbocycles. The molecule has 4 nitrogen and oxygen atoms in total. The van der Waals surface area contributed by atoms with E-state index >= 15 is 0 Å². The molecule has 4 heteroatoms. The van der Waals surface area contributed by atoms with Gasteiger partial charge in [-0.05, 0) is 43.4 Å². The van der Waals surface area contributed by atoms with E-state index in [9.17, 15) is 0 Å². The first-order chi connectivity index (χ1) is 7.22. The van der Waals surface area contributed by atoms with E-state index in [4.69, 9.17) is 10.9 Å². The van der Waals surface area contributed by atoms with E-state index in [1.807, 2.05) is 6.92 Å². The Bertz CT molecular complexity index is 257. The molecule has 0 aliphatic heterocycles. The highest BCUT2D eigenvalue weighted by Crippen LogP contribution is 2.60. The van der Waals surface area contributed by atoms with Crippen molar-refractivity contribution in [2.75, 3.05) is 6.54 Å². The smallest absolute Gasteiger partial charge is 0.156 e. The summed E-state index contributed by atoms with van der Waals surface area (Å²) in [7, 11) is 0. The first-order valence-corrected chi connectivity index (χ1v) is 5.92. The van der Waals surface area contributed by atoms with E-state index < -0.39 is 0 Å². The van der Waals surface area contributed by atoms with Gasteiger partial charge in [-0.25, -0.2) is 0 Å². The predicted octanol–water partition coefficient (Wildman–Crippen LogP) is 1.29. The predicted molar refractivity (Wildman–Crippen MR) is 59.9 cm³/mol. The lowest BCUT2D eigenvalue weighted by molar-refractivity contribution is 0.312. The van der Waals surface area contributed by atoms with Crippen LogP contribution in [0.4, 0.5) is 0 Å². The second kappa shape index (κ2) is 4.00. The Kier molecular flexibility index (Phi) is 2.87. The topological polar surface area (TPSA) is 70.6 Å². The third-order valence-corrected chi connectivity index (χ3v) is 3.92. The zero-order valence-electron chi connectivity index (χ0n) is 9.37. The van der Waals surface area contributed by atoms with Crippen molar-refractivity contribution in [3.63, 3.8) is 0 Å². The summed E-state index contributed by atoms with van der Waals surface area (Å²) >= 11 is 0. The van der Waals surface area contributed by atoms with Crippen molar-refractivity contribution in [3.05, 3.63) is 0 Å². The van der Waals surface area contributed by atoms with Crippen molar-refractivity contribution in [2.24, 2.45) is 22.2 Å². The van der Waals surface area contributed by atoms with E-state index in [1.54, 1.807) is 0 Å². The summed E-state index contributed by atoms with van der Waals surface area (Å²) < 4.78 is 0.